The average Bonchev–Trinajstić information content (AvgIpc) is 2.50. The fourth-order valence-corrected chi connectivity index (χ4v) is 1.86. The second kappa shape index (κ2) is 7.64. The molecule has 1 amide bonds. The van der Waals surface area contributed by atoms with E-state index in [4.69, 9.17) is 14.7 Å². The molecule has 130 valence electrons. The van der Waals surface area contributed by atoms with E-state index >= 15 is 0 Å². The van der Waals surface area contributed by atoms with Gasteiger partial charge in [-0.15, -0.1) is 0 Å². The van der Waals surface area contributed by atoms with E-state index in [1.165, 1.54) is 7.11 Å². The Balaban J connectivity index is 3.25. The molecule has 0 heterocycles. The minimum Gasteiger partial charge on any atom is -0.495 e. The minimum absolute atomic E-state index is 0.00814. The fraction of sp³-hybridized carbons (Fsp3) is 0.438. The van der Waals surface area contributed by atoms with Crippen LogP contribution in [0.25, 0.3) is 0 Å². The Kier molecular flexibility index (Phi) is 6.12. The Hall–Kier alpha value is -2.82. The summed E-state index contributed by atoms with van der Waals surface area (Å²) in [5.74, 6) is -1.73. The second-order valence-corrected chi connectivity index (χ2v) is 5.79. The molecule has 1 atom stereocenters. The van der Waals surface area contributed by atoms with Crippen molar-refractivity contribution in [1.82, 2.24) is 5.32 Å². The Morgan fingerprint density at radius 2 is 1.92 bits per heavy atom. The minimum atomic E-state index is -1.47. The summed E-state index contributed by atoms with van der Waals surface area (Å²) < 4.78 is 28.8. The molecular formula is C16H19FN2O5. The molecule has 0 aliphatic rings. The predicted molar refractivity (Wildman–Crippen MR) is 81.8 cm³/mol. The summed E-state index contributed by atoms with van der Waals surface area (Å²) in [6, 6.07) is 2.44. The van der Waals surface area contributed by atoms with Gasteiger partial charge in [0.25, 0.3) is 0 Å². The van der Waals surface area contributed by atoms with Gasteiger partial charge in [-0.2, -0.15) is 5.26 Å². The van der Waals surface area contributed by atoms with Crippen molar-refractivity contribution in [3.63, 3.8) is 0 Å². The molecule has 1 aromatic rings. The zero-order chi connectivity index (χ0) is 18.5. The number of hydrogen-bond acceptors (Lipinski definition) is 6. The van der Waals surface area contributed by atoms with Crippen LogP contribution >= 0.6 is 0 Å². The molecule has 8 heteroatoms. The number of carbonyl (C=O) groups excluding carboxylic acids is 2. The molecule has 0 aliphatic carbocycles. The van der Waals surface area contributed by atoms with E-state index in [0.717, 1.165) is 19.2 Å². The number of esters is 1. The summed E-state index contributed by atoms with van der Waals surface area (Å²) in [5, 5.41) is 11.3. The maximum absolute atomic E-state index is 14.3. The van der Waals surface area contributed by atoms with Gasteiger partial charge in [-0.05, 0) is 26.8 Å². The van der Waals surface area contributed by atoms with E-state index < -0.39 is 29.5 Å². The highest BCUT2D eigenvalue weighted by molar-refractivity contribution is 5.83. The number of halogens is 1. The first kappa shape index (κ1) is 19.2. The third-order valence-electron chi connectivity index (χ3n) is 2.85. The van der Waals surface area contributed by atoms with Crippen LogP contribution in [0.5, 0.6) is 5.75 Å². The van der Waals surface area contributed by atoms with Gasteiger partial charge in [0.15, 0.2) is 6.04 Å². The molecule has 1 rings (SSSR count). The number of nitrogens with one attached hydrogen (secondary N) is 1. The smallest absolute Gasteiger partial charge is 0.408 e. The second-order valence-electron chi connectivity index (χ2n) is 5.79. The third kappa shape index (κ3) is 4.84. The number of nitriles is 1. The van der Waals surface area contributed by atoms with Crippen LogP contribution in [0.4, 0.5) is 9.18 Å². The van der Waals surface area contributed by atoms with E-state index in [1.54, 1.807) is 20.8 Å². The lowest BCUT2D eigenvalue weighted by Crippen LogP contribution is -2.39. The monoisotopic (exact) mass is 338 g/mol. The molecule has 0 fully saturated rings. The van der Waals surface area contributed by atoms with Crippen molar-refractivity contribution in [2.45, 2.75) is 32.4 Å². The number of alkyl carbamates (subject to hydrolysis) is 1. The van der Waals surface area contributed by atoms with Crippen molar-refractivity contribution in [1.29, 1.82) is 5.26 Å². The predicted octanol–water partition coefficient (Wildman–Crippen LogP) is 2.44. The van der Waals surface area contributed by atoms with Gasteiger partial charge in [0.1, 0.15) is 23.2 Å². The average molecular weight is 338 g/mol. The molecule has 7 nitrogen and oxygen atoms in total. The number of amides is 1. The van der Waals surface area contributed by atoms with Crippen molar-refractivity contribution in [3.05, 3.63) is 29.1 Å². The Morgan fingerprint density at radius 3 is 2.38 bits per heavy atom. The summed E-state index contributed by atoms with van der Waals surface area (Å²) in [5.41, 5.74) is -1.03. The van der Waals surface area contributed by atoms with E-state index in [1.807, 2.05) is 6.07 Å². The molecular weight excluding hydrogens is 319 g/mol. The van der Waals surface area contributed by atoms with Gasteiger partial charge < -0.3 is 19.5 Å². The van der Waals surface area contributed by atoms with Crippen LogP contribution in [0.3, 0.4) is 0 Å². The maximum atomic E-state index is 14.3. The van der Waals surface area contributed by atoms with Gasteiger partial charge >= 0.3 is 12.1 Å². The standard InChI is InChI=1S/C16H19FN2O5/c1-16(2,3)24-15(21)19-13(14(20)23-5)10-6-9(8-18)12(22-4)7-11(10)17/h6-7,13H,1-5H3,(H,19,21). The number of hydrogen-bond donors (Lipinski definition) is 1. The lowest BCUT2D eigenvalue weighted by molar-refractivity contribution is -0.143. The van der Waals surface area contributed by atoms with Crippen LogP contribution in [0.2, 0.25) is 0 Å². The first-order valence-electron chi connectivity index (χ1n) is 6.97. The SMILES string of the molecule is COC(=O)C(NC(=O)OC(C)(C)C)c1cc(C#N)c(OC)cc1F. The van der Waals surface area contributed by atoms with Gasteiger partial charge in [0, 0.05) is 11.6 Å². The van der Waals surface area contributed by atoms with Crippen LogP contribution in [0.1, 0.15) is 37.9 Å². The quantitative estimate of drug-likeness (QED) is 0.847. The summed E-state index contributed by atoms with van der Waals surface area (Å²) in [7, 11) is 2.38. The van der Waals surface area contributed by atoms with Gasteiger partial charge in [0.05, 0.1) is 19.8 Å². The molecule has 0 saturated heterocycles. The fourth-order valence-electron chi connectivity index (χ4n) is 1.86. The van der Waals surface area contributed by atoms with E-state index in [-0.39, 0.29) is 16.9 Å². The normalized spacial score (nSPS) is 11.9. The molecule has 0 aliphatic heterocycles. The molecule has 0 saturated carbocycles. The van der Waals surface area contributed by atoms with Crippen LogP contribution in [0, 0.1) is 17.1 Å². The number of ether oxygens (including phenoxy) is 3. The third-order valence-corrected chi connectivity index (χ3v) is 2.85. The summed E-state index contributed by atoms with van der Waals surface area (Å²) >= 11 is 0. The number of methoxy groups -OCH3 is 2. The number of rotatable bonds is 4. The van der Waals surface area contributed by atoms with E-state index in [9.17, 15) is 14.0 Å². The van der Waals surface area contributed by atoms with Crippen molar-refractivity contribution in [2.75, 3.05) is 14.2 Å². The lowest BCUT2D eigenvalue weighted by Gasteiger charge is -2.23. The Labute approximate surface area is 139 Å². The summed E-state index contributed by atoms with van der Waals surface area (Å²) in [4.78, 5) is 23.8. The first-order valence-corrected chi connectivity index (χ1v) is 6.97. The molecule has 1 aromatic carbocycles. The first-order chi connectivity index (χ1) is 11.1. The maximum Gasteiger partial charge on any atom is 0.408 e. The Morgan fingerprint density at radius 1 is 1.29 bits per heavy atom. The zero-order valence-electron chi connectivity index (χ0n) is 14.1. The van der Waals surface area contributed by atoms with Crippen molar-refractivity contribution in [2.24, 2.45) is 0 Å². The van der Waals surface area contributed by atoms with Crippen molar-refractivity contribution >= 4 is 12.1 Å². The van der Waals surface area contributed by atoms with Crippen molar-refractivity contribution < 1.29 is 28.2 Å². The highest BCUT2D eigenvalue weighted by atomic mass is 19.1. The molecule has 24 heavy (non-hydrogen) atoms. The topological polar surface area (TPSA) is 97.6 Å². The molecule has 0 aromatic heterocycles. The van der Waals surface area contributed by atoms with Crippen LogP contribution in [-0.2, 0) is 14.3 Å². The summed E-state index contributed by atoms with van der Waals surface area (Å²) in [6.45, 7) is 4.92. The molecule has 0 radical (unpaired) electrons. The highest BCUT2D eigenvalue weighted by Crippen LogP contribution is 2.27. The van der Waals surface area contributed by atoms with Gasteiger partial charge in [-0.1, -0.05) is 0 Å². The Bertz CT molecular complexity index is 676. The van der Waals surface area contributed by atoms with E-state index in [0.29, 0.717) is 0 Å². The van der Waals surface area contributed by atoms with Gasteiger partial charge in [-0.3, -0.25) is 0 Å². The van der Waals surface area contributed by atoms with Crippen LogP contribution in [0.15, 0.2) is 12.1 Å². The highest BCUT2D eigenvalue weighted by Gasteiger charge is 2.30. The number of carbonyl (C=O) groups is 2. The van der Waals surface area contributed by atoms with Crippen molar-refractivity contribution in [3.8, 4) is 11.8 Å². The lowest BCUT2D eigenvalue weighted by atomic mass is 10.0. The largest absolute Gasteiger partial charge is 0.495 e. The summed E-state index contributed by atoms with van der Waals surface area (Å²) in [6.07, 6.45) is -0.924. The molecule has 1 N–H and O–H groups in total. The van der Waals surface area contributed by atoms with Crippen LogP contribution < -0.4 is 10.1 Å². The van der Waals surface area contributed by atoms with E-state index in [2.05, 4.69) is 10.1 Å². The van der Waals surface area contributed by atoms with Crippen LogP contribution in [-0.4, -0.2) is 31.9 Å². The number of nitrogens with zero attached hydrogens (tertiary/aromatic N) is 1. The van der Waals surface area contributed by atoms with Gasteiger partial charge in [0.2, 0.25) is 0 Å². The molecule has 1 unspecified atom stereocenters. The molecule has 0 spiro atoms. The molecule has 0 bridgehead atoms. The number of benzene rings is 1. The van der Waals surface area contributed by atoms with Gasteiger partial charge in [-0.25, -0.2) is 14.0 Å². The zero-order valence-corrected chi connectivity index (χ0v) is 14.1.